The van der Waals surface area contributed by atoms with Crippen molar-refractivity contribution in [1.29, 1.82) is 0 Å². The molecule has 1 amide bonds. The zero-order chi connectivity index (χ0) is 13.9. The summed E-state index contributed by atoms with van der Waals surface area (Å²) in [6.45, 7) is 1.12. The molecule has 0 aromatic carbocycles. The number of carbonyl (C=O) groups is 2. The highest BCUT2D eigenvalue weighted by Crippen LogP contribution is 2.24. The second-order valence-corrected chi connectivity index (χ2v) is 6.63. The number of hydrogen-bond acceptors (Lipinski definition) is 4. The van der Waals surface area contributed by atoms with Crippen LogP contribution in [0.25, 0.3) is 0 Å². The molecule has 0 radical (unpaired) electrons. The van der Waals surface area contributed by atoms with Crippen LogP contribution in [-0.4, -0.2) is 36.7 Å². The summed E-state index contributed by atoms with van der Waals surface area (Å²) in [6, 6.07) is -0.313. The van der Waals surface area contributed by atoms with Gasteiger partial charge in [0.15, 0.2) is 5.25 Å². The van der Waals surface area contributed by atoms with E-state index in [9.17, 15) is 18.0 Å². The maximum Gasteiger partial charge on any atom is 0.323 e. The first kappa shape index (κ1) is 14.9. The van der Waals surface area contributed by atoms with E-state index in [2.05, 4.69) is 4.72 Å². The largest absolute Gasteiger partial charge is 0.480 e. The molecule has 1 aliphatic rings. The molecule has 1 saturated carbocycles. The predicted octanol–water partition coefficient (Wildman–Crippen LogP) is -0.577. The van der Waals surface area contributed by atoms with Crippen LogP contribution in [-0.2, 0) is 19.6 Å². The Morgan fingerprint density at radius 2 is 1.78 bits per heavy atom. The highest BCUT2D eigenvalue weighted by Gasteiger charge is 2.32. The van der Waals surface area contributed by atoms with Crippen LogP contribution in [0.15, 0.2) is 0 Å². The van der Waals surface area contributed by atoms with Crippen molar-refractivity contribution < 1.29 is 23.1 Å². The lowest BCUT2D eigenvalue weighted by Gasteiger charge is -2.27. The van der Waals surface area contributed by atoms with Gasteiger partial charge in [-0.15, -0.1) is 0 Å². The SMILES string of the molecule is CC(C(=O)O)S(=O)(=O)NC1CCC(C(N)=O)CC1. The minimum absolute atomic E-state index is 0.206. The summed E-state index contributed by atoms with van der Waals surface area (Å²) in [6.07, 6.45) is 2.06. The van der Waals surface area contributed by atoms with Crippen molar-refractivity contribution in [2.45, 2.75) is 43.9 Å². The van der Waals surface area contributed by atoms with Gasteiger partial charge in [-0.2, -0.15) is 0 Å². The molecular weight excluding hydrogens is 260 g/mol. The van der Waals surface area contributed by atoms with Gasteiger partial charge < -0.3 is 10.8 Å². The molecule has 7 nitrogen and oxygen atoms in total. The van der Waals surface area contributed by atoms with Crippen LogP contribution in [0.3, 0.4) is 0 Å². The monoisotopic (exact) mass is 278 g/mol. The maximum absolute atomic E-state index is 11.7. The van der Waals surface area contributed by atoms with Gasteiger partial charge in [-0.25, -0.2) is 13.1 Å². The van der Waals surface area contributed by atoms with Crippen LogP contribution in [0.2, 0.25) is 0 Å². The lowest BCUT2D eigenvalue weighted by Crippen LogP contribution is -2.45. The molecule has 0 saturated heterocycles. The van der Waals surface area contributed by atoms with Crippen molar-refractivity contribution in [3.05, 3.63) is 0 Å². The fourth-order valence-electron chi connectivity index (χ4n) is 1.96. The molecule has 0 spiro atoms. The summed E-state index contributed by atoms with van der Waals surface area (Å²) in [4.78, 5) is 21.6. The summed E-state index contributed by atoms with van der Waals surface area (Å²) in [5.74, 6) is -1.95. The molecule has 1 atom stereocenters. The van der Waals surface area contributed by atoms with Crippen LogP contribution in [0, 0.1) is 5.92 Å². The van der Waals surface area contributed by atoms with E-state index in [0.717, 1.165) is 6.92 Å². The van der Waals surface area contributed by atoms with E-state index < -0.39 is 21.2 Å². The minimum Gasteiger partial charge on any atom is -0.480 e. The molecule has 1 rings (SSSR count). The van der Waals surface area contributed by atoms with Gasteiger partial charge in [-0.05, 0) is 32.6 Å². The Bertz CT molecular complexity index is 426. The molecule has 1 aliphatic carbocycles. The van der Waals surface area contributed by atoms with Gasteiger partial charge in [0, 0.05) is 12.0 Å². The molecule has 0 aliphatic heterocycles. The first-order valence-corrected chi connectivity index (χ1v) is 7.32. The molecule has 0 heterocycles. The summed E-state index contributed by atoms with van der Waals surface area (Å²) in [5, 5.41) is 7.20. The van der Waals surface area contributed by atoms with E-state index in [0.29, 0.717) is 25.7 Å². The Morgan fingerprint density at radius 3 is 2.17 bits per heavy atom. The van der Waals surface area contributed by atoms with Crippen molar-refractivity contribution in [3.8, 4) is 0 Å². The fraction of sp³-hybridized carbons (Fsp3) is 0.800. The van der Waals surface area contributed by atoms with Crippen molar-refractivity contribution in [3.63, 3.8) is 0 Å². The lowest BCUT2D eigenvalue weighted by molar-refractivity contribution is -0.136. The van der Waals surface area contributed by atoms with Crippen molar-refractivity contribution in [2.75, 3.05) is 0 Å². The predicted molar refractivity (Wildman–Crippen MR) is 64.1 cm³/mol. The first-order chi connectivity index (χ1) is 8.24. The lowest BCUT2D eigenvalue weighted by atomic mass is 9.86. The molecule has 0 aromatic heterocycles. The normalized spacial score (nSPS) is 26.5. The number of nitrogens with one attached hydrogen (secondary N) is 1. The van der Waals surface area contributed by atoms with E-state index in [1.54, 1.807) is 0 Å². The van der Waals surface area contributed by atoms with Crippen LogP contribution in [0.5, 0.6) is 0 Å². The van der Waals surface area contributed by atoms with Crippen molar-refractivity contribution >= 4 is 21.9 Å². The third-order valence-corrected chi connectivity index (χ3v) is 5.07. The van der Waals surface area contributed by atoms with Crippen LogP contribution in [0.1, 0.15) is 32.6 Å². The number of carbonyl (C=O) groups excluding carboxylic acids is 1. The van der Waals surface area contributed by atoms with E-state index in [1.165, 1.54) is 0 Å². The Labute approximate surface area is 106 Å². The second-order valence-electron chi connectivity index (χ2n) is 4.59. The third-order valence-electron chi connectivity index (χ3n) is 3.27. The van der Waals surface area contributed by atoms with Gasteiger partial charge in [0.25, 0.3) is 0 Å². The number of sulfonamides is 1. The summed E-state index contributed by atoms with van der Waals surface area (Å²) < 4.78 is 25.7. The van der Waals surface area contributed by atoms with E-state index in [-0.39, 0.29) is 17.9 Å². The summed E-state index contributed by atoms with van der Waals surface area (Å²) in [5.41, 5.74) is 5.17. The standard InChI is InChI=1S/C10H18N2O5S/c1-6(10(14)15)18(16,17)12-8-4-2-7(3-5-8)9(11)13/h6-8,12H,2-5H2,1H3,(H2,11,13)(H,14,15). The minimum atomic E-state index is -3.86. The van der Waals surface area contributed by atoms with Gasteiger partial charge >= 0.3 is 5.97 Å². The summed E-state index contributed by atoms with van der Waals surface area (Å²) in [7, 11) is -3.86. The number of carboxylic acids is 1. The van der Waals surface area contributed by atoms with Gasteiger partial charge in [-0.1, -0.05) is 0 Å². The highest BCUT2D eigenvalue weighted by molar-refractivity contribution is 7.90. The fourth-order valence-corrected chi connectivity index (χ4v) is 3.13. The molecule has 104 valence electrons. The molecule has 1 unspecified atom stereocenters. The number of aliphatic carboxylic acids is 1. The molecule has 0 bridgehead atoms. The molecule has 1 fully saturated rings. The average Bonchev–Trinajstić information content (AvgIpc) is 2.28. The topological polar surface area (TPSA) is 127 Å². The number of carboxylic acid groups (broad SMARTS) is 1. The second kappa shape index (κ2) is 5.66. The Balaban J connectivity index is 2.55. The maximum atomic E-state index is 11.7. The van der Waals surface area contributed by atoms with E-state index in [4.69, 9.17) is 10.8 Å². The van der Waals surface area contributed by atoms with E-state index >= 15 is 0 Å². The van der Waals surface area contributed by atoms with Gasteiger partial charge in [0.1, 0.15) is 0 Å². The number of hydrogen-bond donors (Lipinski definition) is 3. The van der Waals surface area contributed by atoms with E-state index in [1.807, 2.05) is 0 Å². The zero-order valence-electron chi connectivity index (χ0n) is 10.1. The summed E-state index contributed by atoms with van der Waals surface area (Å²) >= 11 is 0. The number of amides is 1. The molecule has 4 N–H and O–H groups in total. The first-order valence-electron chi connectivity index (χ1n) is 5.77. The smallest absolute Gasteiger partial charge is 0.323 e. The van der Waals surface area contributed by atoms with Gasteiger partial charge in [0.2, 0.25) is 15.9 Å². The third kappa shape index (κ3) is 3.67. The van der Waals surface area contributed by atoms with Crippen LogP contribution < -0.4 is 10.5 Å². The quantitative estimate of drug-likeness (QED) is 0.620. The van der Waals surface area contributed by atoms with Gasteiger partial charge in [-0.3, -0.25) is 9.59 Å². The van der Waals surface area contributed by atoms with Crippen molar-refractivity contribution in [1.82, 2.24) is 4.72 Å². The van der Waals surface area contributed by atoms with Crippen LogP contribution >= 0.6 is 0 Å². The molecular formula is C10H18N2O5S. The molecule has 18 heavy (non-hydrogen) atoms. The molecule has 0 aromatic rings. The number of nitrogens with two attached hydrogens (primary N) is 1. The highest BCUT2D eigenvalue weighted by atomic mass is 32.2. The zero-order valence-corrected chi connectivity index (χ0v) is 10.9. The average molecular weight is 278 g/mol. The van der Waals surface area contributed by atoms with Gasteiger partial charge in [0.05, 0.1) is 0 Å². The Kier molecular flexibility index (Phi) is 4.69. The van der Waals surface area contributed by atoms with Crippen molar-refractivity contribution in [2.24, 2.45) is 11.7 Å². The number of primary amides is 1. The Morgan fingerprint density at radius 1 is 1.28 bits per heavy atom. The molecule has 8 heteroatoms. The Hall–Kier alpha value is -1.15. The van der Waals surface area contributed by atoms with Crippen LogP contribution in [0.4, 0.5) is 0 Å². The number of rotatable bonds is 5.